The minimum Gasteiger partial charge on any atom is -0.508 e. The molecule has 1 fully saturated rings. The van der Waals surface area contributed by atoms with Gasteiger partial charge in [-0.1, -0.05) is 15.9 Å². The van der Waals surface area contributed by atoms with Crippen LogP contribution in [0.15, 0.2) is 22.7 Å². The zero-order valence-electron chi connectivity index (χ0n) is 10.2. The van der Waals surface area contributed by atoms with E-state index in [9.17, 15) is 5.11 Å². The summed E-state index contributed by atoms with van der Waals surface area (Å²) >= 11 is 3.51. The Morgan fingerprint density at radius 1 is 1.53 bits per heavy atom. The molecule has 2 rings (SSSR count). The van der Waals surface area contributed by atoms with Crippen LogP contribution >= 0.6 is 15.9 Å². The van der Waals surface area contributed by atoms with Crippen molar-refractivity contribution in [2.24, 2.45) is 0 Å². The molecule has 0 aliphatic carbocycles. The Bertz CT molecular complexity index is 397. The lowest BCUT2D eigenvalue weighted by Crippen LogP contribution is -2.36. The minimum absolute atomic E-state index is 0.288. The third kappa shape index (κ3) is 3.00. The second-order valence-electron chi connectivity index (χ2n) is 4.62. The Morgan fingerprint density at radius 2 is 2.29 bits per heavy atom. The number of ether oxygens (including phenoxy) is 1. The Balaban J connectivity index is 2.07. The molecule has 1 aromatic carbocycles. The van der Waals surface area contributed by atoms with Crippen molar-refractivity contribution in [1.29, 1.82) is 0 Å². The smallest absolute Gasteiger partial charge is 0.115 e. The first-order valence-corrected chi connectivity index (χ1v) is 6.66. The van der Waals surface area contributed by atoms with Crippen molar-refractivity contribution < 1.29 is 9.84 Å². The Kier molecular flexibility index (Phi) is 4.07. The van der Waals surface area contributed by atoms with Gasteiger partial charge in [-0.2, -0.15) is 0 Å². The lowest BCUT2D eigenvalue weighted by molar-refractivity contribution is 0.0813. The lowest BCUT2D eigenvalue weighted by Gasteiger charge is -2.27. The predicted molar refractivity (Wildman–Crippen MR) is 71.1 cm³/mol. The molecule has 0 spiro atoms. The zero-order chi connectivity index (χ0) is 12.4. The van der Waals surface area contributed by atoms with E-state index >= 15 is 0 Å². The third-order valence-corrected chi connectivity index (χ3v) is 4.13. The molecule has 1 aliphatic heterocycles. The van der Waals surface area contributed by atoms with E-state index in [0.717, 1.165) is 29.6 Å². The van der Waals surface area contributed by atoms with Crippen LogP contribution in [0.2, 0.25) is 0 Å². The summed E-state index contributed by atoms with van der Waals surface area (Å²) in [4.78, 5) is 2.29. The standard InChI is InChI=1S/C13H18BrNO2/c1-9-13(5-6-17-9)15(2)8-10-7-11(16)3-4-12(10)14/h3-4,7,9,13,16H,5-6,8H2,1-2H3. The third-order valence-electron chi connectivity index (χ3n) is 3.35. The van der Waals surface area contributed by atoms with Gasteiger partial charge in [-0.05, 0) is 44.2 Å². The summed E-state index contributed by atoms with van der Waals surface area (Å²) in [5, 5.41) is 9.50. The maximum absolute atomic E-state index is 9.50. The first kappa shape index (κ1) is 12.9. The molecule has 1 aliphatic rings. The first-order chi connectivity index (χ1) is 8.08. The van der Waals surface area contributed by atoms with Gasteiger partial charge in [0.05, 0.1) is 6.10 Å². The van der Waals surface area contributed by atoms with Gasteiger partial charge in [0, 0.05) is 23.7 Å². The number of benzene rings is 1. The van der Waals surface area contributed by atoms with Gasteiger partial charge in [0.2, 0.25) is 0 Å². The molecule has 0 aromatic heterocycles. The highest BCUT2D eigenvalue weighted by molar-refractivity contribution is 9.10. The molecule has 0 saturated carbocycles. The van der Waals surface area contributed by atoms with E-state index in [1.807, 2.05) is 6.07 Å². The number of rotatable bonds is 3. The highest BCUT2D eigenvalue weighted by atomic mass is 79.9. The molecule has 94 valence electrons. The van der Waals surface area contributed by atoms with Gasteiger partial charge in [0.25, 0.3) is 0 Å². The topological polar surface area (TPSA) is 32.7 Å². The molecule has 1 N–H and O–H groups in total. The monoisotopic (exact) mass is 299 g/mol. The fraction of sp³-hybridized carbons (Fsp3) is 0.538. The summed E-state index contributed by atoms with van der Waals surface area (Å²) in [5.74, 6) is 0.312. The van der Waals surface area contributed by atoms with Crippen LogP contribution in [-0.4, -0.2) is 35.8 Å². The molecule has 17 heavy (non-hydrogen) atoms. The summed E-state index contributed by atoms with van der Waals surface area (Å²) < 4.78 is 6.61. The molecule has 0 radical (unpaired) electrons. The molecule has 0 amide bonds. The largest absolute Gasteiger partial charge is 0.508 e. The summed E-state index contributed by atoms with van der Waals surface area (Å²) in [5.41, 5.74) is 1.10. The van der Waals surface area contributed by atoms with Crippen molar-refractivity contribution in [3.8, 4) is 5.75 Å². The first-order valence-electron chi connectivity index (χ1n) is 5.87. The van der Waals surface area contributed by atoms with Crippen LogP contribution < -0.4 is 0 Å². The Hall–Kier alpha value is -0.580. The molecule has 3 nitrogen and oxygen atoms in total. The highest BCUT2D eigenvalue weighted by Crippen LogP contribution is 2.25. The van der Waals surface area contributed by atoms with E-state index in [4.69, 9.17) is 4.74 Å². The SMILES string of the molecule is CC1OCCC1N(C)Cc1cc(O)ccc1Br. The number of nitrogens with zero attached hydrogens (tertiary/aromatic N) is 1. The van der Waals surface area contributed by atoms with Crippen molar-refractivity contribution in [1.82, 2.24) is 4.90 Å². The molecule has 2 unspecified atom stereocenters. The average molecular weight is 300 g/mol. The van der Waals surface area contributed by atoms with E-state index in [-0.39, 0.29) is 6.10 Å². The van der Waals surface area contributed by atoms with Gasteiger partial charge in [0.1, 0.15) is 5.75 Å². The van der Waals surface area contributed by atoms with Gasteiger partial charge >= 0.3 is 0 Å². The number of hydrogen-bond acceptors (Lipinski definition) is 3. The Morgan fingerprint density at radius 3 is 2.94 bits per heavy atom. The number of hydrogen-bond donors (Lipinski definition) is 1. The van der Waals surface area contributed by atoms with E-state index in [1.54, 1.807) is 12.1 Å². The second kappa shape index (κ2) is 5.38. The molecule has 4 heteroatoms. The van der Waals surface area contributed by atoms with Crippen LogP contribution in [-0.2, 0) is 11.3 Å². The number of halogens is 1. The molecular formula is C13H18BrNO2. The fourth-order valence-electron chi connectivity index (χ4n) is 2.37. The maximum atomic E-state index is 9.50. The van der Waals surface area contributed by atoms with Crippen LogP contribution in [0.3, 0.4) is 0 Å². The summed E-state index contributed by atoms with van der Waals surface area (Å²) in [7, 11) is 2.10. The van der Waals surface area contributed by atoms with E-state index in [1.165, 1.54) is 0 Å². The van der Waals surface area contributed by atoms with Crippen LogP contribution in [0, 0.1) is 0 Å². The predicted octanol–water partition coefficient (Wildman–Crippen LogP) is 2.76. The van der Waals surface area contributed by atoms with E-state index < -0.39 is 0 Å². The molecule has 1 saturated heterocycles. The molecule has 0 bridgehead atoms. The van der Waals surface area contributed by atoms with E-state index in [0.29, 0.717) is 11.8 Å². The molecule has 2 atom stereocenters. The van der Waals surface area contributed by atoms with Crippen molar-refractivity contribution >= 4 is 15.9 Å². The molecular weight excluding hydrogens is 282 g/mol. The number of likely N-dealkylation sites (N-methyl/N-ethyl adjacent to an activating group) is 1. The van der Waals surface area contributed by atoms with Gasteiger partial charge in [-0.15, -0.1) is 0 Å². The quantitative estimate of drug-likeness (QED) is 0.931. The summed E-state index contributed by atoms with van der Waals surface area (Å²) in [6.45, 7) is 3.77. The van der Waals surface area contributed by atoms with Gasteiger partial charge in [0.15, 0.2) is 0 Å². The summed E-state index contributed by atoms with van der Waals surface area (Å²) in [6, 6.07) is 5.84. The van der Waals surface area contributed by atoms with Gasteiger partial charge < -0.3 is 9.84 Å². The zero-order valence-corrected chi connectivity index (χ0v) is 11.8. The van der Waals surface area contributed by atoms with Crippen molar-refractivity contribution in [2.45, 2.75) is 32.0 Å². The Labute approximate surface area is 111 Å². The molecule has 1 heterocycles. The number of phenols is 1. The van der Waals surface area contributed by atoms with Crippen molar-refractivity contribution in [3.05, 3.63) is 28.2 Å². The van der Waals surface area contributed by atoms with Crippen molar-refractivity contribution in [3.63, 3.8) is 0 Å². The van der Waals surface area contributed by atoms with Gasteiger partial charge in [-0.3, -0.25) is 4.90 Å². The van der Waals surface area contributed by atoms with Crippen LogP contribution in [0.5, 0.6) is 5.75 Å². The van der Waals surface area contributed by atoms with Crippen molar-refractivity contribution in [2.75, 3.05) is 13.7 Å². The average Bonchev–Trinajstić information content (AvgIpc) is 2.70. The fourth-order valence-corrected chi connectivity index (χ4v) is 2.74. The normalized spacial score (nSPS) is 24.5. The van der Waals surface area contributed by atoms with Crippen LogP contribution in [0.25, 0.3) is 0 Å². The second-order valence-corrected chi connectivity index (χ2v) is 5.48. The highest BCUT2D eigenvalue weighted by Gasteiger charge is 2.27. The maximum Gasteiger partial charge on any atom is 0.115 e. The summed E-state index contributed by atoms with van der Waals surface area (Å²) in [6.07, 6.45) is 1.37. The van der Waals surface area contributed by atoms with E-state index in [2.05, 4.69) is 34.8 Å². The lowest BCUT2D eigenvalue weighted by atomic mass is 10.1. The molecule has 1 aromatic rings. The minimum atomic E-state index is 0.288. The number of aromatic hydroxyl groups is 1. The van der Waals surface area contributed by atoms with Gasteiger partial charge in [-0.25, -0.2) is 0 Å². The van der Waals surface area contributed by atoms with Crippen LogP contribution in [0.4, 0.5) is 0 Å². The van der Waals surface area contributed by atoms with Crippen LogP contribution in [0.1, 0.15) is 18.9 Å². The number of phenolic OH excluding ortho intramolecular Hbond substituents is 1.